The number of thiophene rings is 1. The molecule has 0 fully saturated rings. The number of rotatable bonds is 7. The number of fused-ring (bicyclic) bond motifs is 1. The van der Waals surface area contributed by atoms with Crippen LogP contribution in [0.3, 0.4) is 0 Å². The van der Waals surface area contributed by atoms with Crippen LogP contribution in [0.1, 0.15) is 32.9 Å². The van der Waals surface area contributed by atoms with Gasteiger partial charge in [-0.15, -0.1) is 11.3 Å². The fraction of sp³-hybridized carbons (Fsp3) is 0.200. The lowest BCUT2D eigenvalue weighted by atomic mass is 10.0. The summed E-state index contributed by atoms with van der Waals surface area (Å²) >= 11 is 1.43. The number of ketones is 1. The maximum Gasteiger partial charge on any atom is 0.338 e. The molecule has 0 saturated carbocycles. The molecule has 5 heteroatoms. The largest absolute Gasteiger partial charge is 0.496 e. The molecule has 0 aliphatic rings. The van der Waals surface area contributed by atoms with Gasteiger partial charge in [-0.3, -0.25) is 4.79 Å². The van der Waals surface area contributed by atoms with Crippen LogP contribution < -0.4 is 4.74 Å². The molecule has 4 nitrogen and oxygen atoms in total. The first-order valence-electron chi connectivity index (χ1n) is 8.00. The van der Waals surface area contributed by atoms with E-state index >= 15 is 0 Å². The minimum absolute atomic E-state index is 0.0842. The van der Waals surface area contributed by atoms with Gasteiger partial charge in [-0.05, 0) is 35.4 Å². The van der Waals surface area contributed by atoms with Gasteiger partial charge in [-0.2, -0.15) is 0 Å². The monoisotopic (exact) mass is 354 g/mol. The van der Waals surface area contributed by atoms with Gasteiger partial charge >= 0.3 is 5.97 Å². The molecule has 0 bridgehead atoms. The molecule has 2 aromatic carbocycles. The number of ether oxygens (including phenoxy) is 2. The van der Waals surface area contributed by atoms with Gasteiger partial charge in [-0.25, -0.2) is 4.79 Å². The smallest absolute Gasteiger partial charge is 0.338 e. The van der Waals surface area contributed by atoms with Crippen LogP contribution in [0.2, 0.25) is 0 Å². The third kappa shape index (κ3) is 3.88. The summed E-state index contributed by atoms with van der Waals surface area (Å²) in [5.41, 5.74) is 0.501. The Hall–Kier alpha value is -2.66. The van der Waals surface area contributed by atoms with E-state index in [0.29, 0.717) is 24.2 Å². The van der Waals surface area contributed by atoms with Crippen molar-refractivity contribution in [1.82, 2.24) is 0 Å². The van der Waals surface area contributed by atoms with E-state index in [9.17, 15) is 9.59 Å². The second-order valence-electron chi connectivity index (χ2n) is 5.50. The molecule has 0 amide bonds. The van der Waals surface area contributed by atoms with Crippen LogP contribution >= 0.6 is 11.3 Å². The van der Waals surface area contributed by atoms with Crippen LogP contribution in [0.25, 0.3) is 10.8 Å². The topological polar surface area (TPSA) is 52.6 Å². The quantitative estimate of drug-likeness (QED) is 0.350. The zero-order chi connectivity index (χ0) is 17.6. The van der Waals surface area contributed by atoms with Crippen molar-refractivity contribution in [3.05, 3.63) is 64.4 Å². The van der Waals surface area contributed by atoms with Gasteiger partial charge in [-0.1, -0.05) is 30.3 Å². The zero-order valence-corrected chi connectivity index (χ0v) is 14.7. The van der Waals surface area contributed by atoms with Gasteiger partial charge in [0, 0.05) is 11.8 Å². The summed E-state index contributed by atoms with van der Waals surface area (Å²) < 4.78 is 10.7. The predicted octanol–water partition coefficient (Wildman–Crippen LogP) is 4.73. The summed E-state index contributed by atoms with van der Waals surface area (Å²) in [7, 11) is 1.60. The van der Waals surface area contributed by atoms with E-state index in [-0.39, 0.29) is 18.4 Å². The molecule has 0 aliphatic heterocycles. The Morgan fingerprint density at radius 2 is 1.80 bits per heavy atom. The zero-order valence-electron chi connectivity index (χ0n) is 13.9. The SMILES string of the molecule is COc1ccc(C(=O)OCCCC(=O)c2cccs2)c2ccccc12. The Balaban J connectivity index is 1.62. The molecule has 0 atom stereocenters. The van der Waals surface area contributed by atoms with Crippen molar-refractivity contribution in [3.8, 4) is 5.75 Å². The average Bonchev–Trinajstić information content (AvgIpc) is 3.18. The van der Waals surface area contributed by atoms with Crippen molar-refractivity contribution in [1.29, 1.82) is 0 Å². The molecule has 128 valence electrons. The summed E-state index contributed by atoms with van der Waals surface area (Å²) in [6, 6.07) is 14.7. The summed E-state index contributed by atoms with van der Waals surface area (Å²) in [5.74, 6) is 0.414. The van der Waals surface area contributed by atoms with Crippen molar-refractivity contribution in [2.75, 3.05) is 13.7 Å². The van der Waals surface area contributed by atoms with Crippen LogP contribution in [0.4, 0.5) is 0 Å². The maximum atomic E-state index is 12.4. The number of carbonyl (C=O) groups is 2. The van der Waals surface area contributed by atoms with Crippen molar-refractivity contribution >= 4 is 33.9 Å². The Labute approximate surface area is 150 Å². The molecule has 0 unspecified atom stereocenters. The molecular weight excluding hydrogens is 336 g/mol. The normalized spacial score (nSPS) is 10.6. The molecular formula is C20H18O4S. The fourth-order valence-electron chi connectivity index (χ4n) is 2.66. The highest BCUT2D eigenvalue weighted by molar-refractivity contribution is 7.12. The number of carbonyl (C=O) groups excluding carboxylic acids is 2. The van der Waals surface area contributed by atoms with Crippen LogP contribution in [-0.4, -0.2) is 25.5 Å². The first-order valence-corrected chi connectivity index (χ1v) is 8.88. The standard InChI is InChI=1S/C20H18O4S/c1-23-18-11-10-16(14-6-2-3-7-15(14)18)20(22)24-12-4-8-17(21)19-9-5-13-25-19/h2-3,5-7,9-11,13H,4,8,12H2,1H3. The predicted molar refractivity (Wildman–Crippen MR) is 98.7 cm³/mol. The first kappa shape index (κ1) is 17.2. The maximum absolute atomic E-state index is 12.4. The average molecular weight is 354 g/mol. The number of benzene rings is 2. The van der Waals surface area contributed by atoms with E-state index in [2.05, 4.69) is 0 Å². The minimum Gasteiger partial charge on any atom is -0.496 e. The number of Topliss-reactive ketones (excluding diaryl/α,β-unsaturated/α-hetero) is 1. The van der Waals surface area contributed by atoms with Crippen LogP contribution in [0.5, 0.6) is 5.75 Å². The highest BCUT2D eigenvalue weighted by Crippen LogP contribution is 2.28. The Morgan fingerprint density at radius 3 is 2.52 bits per heavy atom. The highest BCUT2D eigenvalue weighted by Gasteiger charge is 2.14. The lowest BCUT2D eigenvalue weighted by Gasteiger charge is -2.10. The molecule has 0 spiro atoms. The van der Waals surface area contributed by atoms with Crippen LogP contribution in [0, 0.1) is 0 Å². The summed E-state index contributed by atoms with van der Waals surface area (Å²) in [6.45, 7) is 0.219. The molecule has 3 rings (SSSR count). The van der Waals surface area contributed by atoms with Crippen molar-refractivity contribution in [2.24, 2.45) is 0 Å². The number of hydrogen-bond acceptors (Lipinski definition) is 5. The molecule has 1 aromatic heterocycles. The van der Waals surface area contributed by atoms with E-state index in [1.165, 1.54) is 11.3 Å². The Kier molecular flexibility index (Phi) is 5.46. The molecule has 0 saturated heterocycles. The Morgan fingerprint density at radius 1 is 1.00 bits per heavy atom. The molecule has 1 heterocycles. The van der Waals surface area contributed by atoms with Crippen molar-refractivity contribution in [3.63, 3.8) is 0 Å². The lowest BCUT2D eigenvalue weighted by molar-refractivity contribution is 0.0496. The van der Waals surface area contributed by atoms with Crippen molar-refractivity contribution < 1.29 is 19.1 Å². The van der Waals surface area contributed by atoms with Gasteiger partial charge in [0.2, 0.25) is 0 Å². The number of hydrogen-bond donors (Lipinski definition) is 0. The van der Waals surface area contributed by atoms with Crippen LogP contribution in [-0.2, 0) is 4.74 Å². The van der Waals surface area contributed by atoms with E-state index in [0.717, 1.165) is 15.6 Å². The fourth-order valence-corrected chi connectivity index (χ4v) is 3.36. The number of esters is 1. The first-order chi connectivity index (χ1) is 12.2. The second-order valence-corrected chi connectivity index (χ2v) is 6.45. The Bertz CT molecular complexity index is 884. The third-order valence-electron chi connectivity index (χ3n) is 3.90. The van der Waals surface area contributed by atoms with Crippen LogP contribution in [0.15, 0.2) is 53.9 Å². The molecule has 0 aliphatic carbocycles. The lowest BCUT2D eigenvalue weighted by Crippen LogP contribution is -2.08. The molecule has 0 radical (unpaired) electrons. The van der Waals surface area contributed by atoms with E-state index < -0.39 is 0 Å². The highest BCUT2D eigenvalue weighted by atomic mass is 32.1. The van der Waals surface area contributed by atoms with E-state index in [1.54, 1.807) is 19.2 Å². The van der Waals surface area contributed by atoms with Gasteiger partial charge in [0.1, 0.15) is 5.75 Å². The van der Waals surface area contributed by atoms with Crippen molar-refractivity contribution in [2.45, 2.75) is 12.8 Å². The third-order valence-corrected chi connectivity index (χ3v) is 4.81. The summed E-state index contributed by atoms with van der Waals surface area (Å²) in [5, 5.41) is 3.54. The molecule has 0 N–H and O–H groups in total. The van der Waals surface area contributed by atoms with E-state index in [1.807, 2.05) is 41.8 Å². The summed E-state index contributed by atoms with van der Waals surface area (Å²) in [6.07, 6.45) is 0.883. The van der Waals surface area contributed by atoms with E-state index in [4.69, 9.17) is 9.47 Å². The molecule has 3 aromatic rings. The summed E-state index contributed by atoms with van der Waals surface area (Å²) in [4.78, 5) is 25.1. The second kappa shape index (κ2) is 7.94. The van der Waals surface area contributed by atoms with Gasteiger partial charge in [0.25, 0.3) is 0 Å². The minimum atomic E-state index is -0.387. The van der Waals surface area contributed by atoms with Gasteiger partial charge < -0.3 is 9.47 Å². The molecule has 25 heavy (non-hydrogen) atoms. The number of methoxy groups -OCH3 is 1. The van der Waals surface area contributed by atoms with Gasteiger partial charge in [0.15, 0.2) is 5.78 Å². The van der Waals surface area contributed by atoms with Gasteiger partial charge in [0.05, 0.1) is 24.2 Å².